The monoisotopic (exact) mass is 285 g/mol. The van der Waals surface area contributed by atoms with Crippen LogP contribution in [0, 0.1) is 0 Å². The third-order valence-electron chi connectivity index (χ3n) is 3.13. The molecule has 1 N–H and O–H groups in total. The molecule has 0 amide bonds. The van der Waals surface area contributed by atoms with E-state index in [1.807, 2.05) is 30.3 Å². The SMILES string of the molecule is CC(C)NCc1ccc(Oc2cccc(C(C)C)c2)nn1. The van der Waals surface area contributed by atoms with E-state index in [0.29, 0.717) is 24.4 Å². The molecule has 1 aromatic heterocycles. The van der Waals surface area contributed by atoms with Crippen molar-refractivity contribution in [1.82, 2.24) is 15.5 Å². The van der Waals surface area contributed by atoms with Crippen LogP contribution in [-0.4, -0.2) is 16.2 Å². The maximum atomic E-state index is 5.76. The highest BCUT2D eigenvalue weighted by Gasteiger charge is 2.04. The maximum Gasteiger partial charge on any atom is 0.238 e. The summed E-state index contributed by atoms with van der Waals surface area (Å²) < 4.78 is 5.76. The molecule has 0 aliphatic rings. The van der Waals surface area contributed by atoms with Gasteiger partial charge in [-0.1, -0.05) is 39.8 Å². The Bertz CT molecular complexity index is 565. The van der Waals surface area contributed by atoms with Gasteiger partial charge in [-0.25, -0.2) is 0 Å². The lowest BCUT2D eigenvalue weighted by molar-refractivity contribution is 0.451. The van der Waals surface area contributed by atoms with Crippen molar-refractivity contribution in [3.05, 3.63) is 47.7 Å². The highest BCUT2D eigenvalue weighted by molar-refractivity contribution is 5.32. The van der Waals surface area contributed by atoms with E-state index >= 15 is 0 Å². The summed E-state index contributed by atoms with van der Waals surface area (Å²) in [5, 5.41) is 11.6. The normalized spacial score (nSPS) is 11.1. The zero-order valence-corrected chi connectivity index (χ0v) is 13.1. The lowest BCUT2D eigenvalue weighted by atomic mass is 10.0. The highest BCUT2D eigenvalue weighted by Crippen LogP contribution is 2.23. The van der Waals surface area contributed by atoms with Gasteiger partial charge in [0, 0.05) is 18.7 Å². The molecule has 1 heterocycles. The van der Waals surface area contributed by atoms with Crippen LogP contribution < -0.4 is 10.1 Å². The molecule has 0 unspecified atom stereocenters. The Morgan fingerprint density at radius 1 is 1.05 bits per heavy atom. The number of rotatable bonds is 6. The Morgan fingerprint density at radius 3 is 2.48 bits per heavy atom. The van der Waals surface area contributed by atoms with E-state index in [0.717, 1.165) is 11.4 Å². The van der Waals surface area contributed by atoms with Crippen molar-refractivity contribution in [2.24, 2.45) is 0 Å². The number of benzene rings is 1. The second kappa shape index (κ2) is 7.18. The summed E-state index contributed by atoms with van der Waals surface area (Å²) in [6.07, 6.45) is 0. The topological polar surface area (TPSA) is 47.0 Å². The number of hydrogen-bond acceptors (Lipinski definition) is 4. The van der Waals surface area contributed by atoms with Crippen LogP contribution in [-0.2, 0) is 6.54 Å². The molecule has 4 heteroatoms. The maximum absolute atomic E-state index is 5.76. The van der Waals surface area contributed by atoms with E-state index in [1.165, 1.54) is 5.56 Å². The Hall–Kier alpha value is -1.94. The molecule has 0 saturated heterocycles. The summed E-state index contributed by atoms with van der Waals surface area (Å²) in [5.41, 5.74) is 2.16. The van der Waals surface area contributed by atoms with Crippen LogP contribution in [0.15, 0.2) is 36.4 Å². The van der Waals surface area contributed by atoms with Gasteiger partial charge in [0.15, 0.2) is 0 Å². The van der Waals surface area contributed by atoms with Crippen LogP contribution in [0.4, 0.5) is 0 Å². The van der Waals surface area contributed by atoms with Gasteiger partial charge in [-0.05, 0) is 29.7 Å². The summed E-state index contributed by atoms with van der Waals surface area (Å²) in [6, 6.07) is 12.3. The van der Waals surface area contributed by atoms with Gasteiger partial charge < -0.3 is 10.1 Å². The molecule has 0 aliphatic heterocycles. The van der Waals surface area contributed by atoms with E-state index < -0.39 is 0 Å². The third-order valence-corrected chi connectivity index (χ3v) is 3.13. The highest BCUT2D eigenvalue weighted by atomic mass is 16.5. The van der Waals surface area contributed by atoms with Gasteiger partial charge >= 0.3 is 0 Å². The Balaban J connectivity index is 2.01. The van der Waals surface area contributed by atoms with E-state index in [2.05, 4.69) is 49.3 Å². The number of nitrogens with one attached hydrogen (secondary N) is 1. The quantitative estimate of drug-likeness (QED) is 0.874. The minimum Gasteiger partial charge on any atom is -0.438 e. The fourth-order valence-electron chi connectivity index (χ4n) is 1.86. The summed E-state index contributed by atoms with van der Waals surface area (Å²) in [5.74, 6) is 1.79. The first kappa shape index (κ1) is 15.4. The van der Waals surface area contributed by atoms with Crippen molar-refractivity contribution in [3.63, 3.8) is 0 Å². The van der Waals surface area contributed by atoms with Crippen LogP contribution in [0.2, 0.25) is 0 Å². The molecule has 21 heavy (non-hydrogen) atoms. The summed E-state index contributed by atoms with van der Waals surface area (Å²) in [4.78, 5) is 0. The molecule has 0 atom stereocenters. The van der Waals surface area contributed by atoms with Gasteiger partial charge in [0.25, 0.3) is 0 Å². The predicted molar refractivity (Wildman–Crippen MR) is 84.6 cm³/mol. The second-order valence-corrected chi connectivity index (χ2v) is 5.73. The Kier molecular flexibility index (Phi) is 5.28. The Labute approximate surface area is 126 Å². The fraction of sp³-hybridized carbons (Fsp3) is 0.412. The second-order valence-electron chi connectivity index (χ2n) is 5.73. The molecule has 112 valence electrons. The van der Waals surface area contributed by atoms with Crippen molar-refractivity contribution < 1.29 is 4.74 Å². The van der Waals surface area contributed by atoms with Crippen LogP contribution >= 0.6 is 0 Å². The number of aromatic nitrogens is 2. The van der Waals surface area contributed by atoms with Crippen molar-refractivity contribution in [2.75, 3.05) is 0 Å². The first-order valence-electron chi connectivity index (χ1n) is 7.38. The van der Waals surface area contributed by atoms with Crippen LogP contribution in [0.5, 0.6) is 11.6 Å². The van der Waals surface area contributed by atoms with E-state index in [-0.39, 0.29) is 0 Å². The molecule has 0 saturated carbocycles. The van der Waals surface area contributed by atoms with Crippen molar-refractivity contribution in [3.8, 4) is 11.6 Å². The van der Waals surface area contributed by atoms with Crippen molar-refractivity contribution in [2.45, 2.75) is 46.2 Å². The molecule has 4 nitrogen and oxygen atoms in total. The van der Waals surface area contributed by atoms with Crippen molar-refractivity contribution in [1.29, 1.82) is 0 Å². The smallest absolute Gasteiger partial charge is 0.238 e. The van der Waals surface area contributed by atoms with Crippen LogP contribution in [0.1, 0.15) is 44.9 Å². The van der Waals surface area contributed by atoms with E-state index in [9.17, 15) is 0 Å². The standard InChI is InChI=1S/C17H23N3O/c1-12(2)14-6-5-7-16(10-14)21-17-9-8-15(19-20-17)11-18-13(3)4/h5-10,12-13,18H,11H2,1-4H3. The van der Waals surface area contributed by atoms with Crippen molar-refractivity contribution >= 4 is 0 Å². The molecular weight excluding hydrogens is 262 g/mol. The van der Waals surface area contributed by atoms with Gasteiger partial charge in [0.1, 0.15) is 5.75 Å². The van der Waals surface area contributed by atoms with Crippen LogP contribution in [0.3, 0.4) is 0 Å². The zero-order chi connectivity index (χ0) is 15.2. The van der Waals surface area contributed by atoms with Gasteiger partial charge in [0.2, 0.25) is 5.88 Å². The minimum absolute atomic E-state index is 0.432. The predicted octanol–water partition coefficient (Wildman–Crippen LogP) is 3.89. The molecule has 0 aliphatic carbocycles. The summed E-state index contributed by atoms with van der Waals surface area (Å²) in [6.45, 7) is 9.25. The third kappa shape index (κ3) is 4.83. The van der Waals surface area contributed by atoms with Gasteiger partial charge in [-0.3, -0.25) is 0 Å². The lowest BCUT2D eigenvalue weighted by Gasteiger charge is -2.09. The van der Waals surface area contributed by atoms with Gasteiger partial charge in [-0.15, -0.1) is 5.10 Å². The molecule has 0 radical (unpaired) electrons. The average Bonchev–Trinajstić information content (AvgIpc) is 2.47. The zero-order valence-electron chi connectivity index (χ0n) is 13.1. The van der Waals surface area contributed by atoms with Gasteiger partial charge in [0.05, 0.1) is 5.69 Å². The summed E-state index contributed by atoms with van der Waals surface area (Å²) in [7, 11) is 0. The van der Waals surface area contributed by atoms with E-state index in [4.69, 9.17) is 4.74 Å². The number of hydrogen-bond donors (Lipinski definition) is 1. The largest absolute Gasteiger partial charge is 0.438 e. The Morgan fingerprint density at radius 2 is 1.86 bits per heavy atom. The van der Waals surface area contributed by atoms with Gasteiger partial charge in [-0.2, -0.15) is 5.10 Å². The fourth-order valence-corrected chi connectivity index (χ4v) is 1.86. The van der Waals surface area contributed by atoms with E-state index in [1.54, 1.807) is 0 Å². The number of nitrogens with zero attached hydrogens (tertiary/aromatic N) is 2. The first-order valence-corrected chi connectivity index (χ1v) is 7.38. The molecule has 1 aromatic carbocycles. The minimum atomic E-state index is 0.432. The lowest BCUT2D eigenvalue weighted by Crippen LogP contribution is -2.22. The molecule has 2 rings (SSSR count). The molecular formula is C17H23N3O. The molecule has 0 fully saturated rings. The molecule has 2 aromatic rings. The first-order chi connectivity index (χ1) is 10.0. The average molecular weight is 285 g/mol. The molecule has 0 spiro atoms. The number of ether oxygens (including phenoxy) is 1. The summed E-state index contributed by atoms with van der Waals surface area (Å²) >= 11 is 0. The van der Waals surface area contributed by atoms with Crippen LogP contribution in [0.25, 0.3) is 0 Å². The molecule has 0 bridgehead atoms.